The minimum Gasteiger partial charge on any atom is -0.446 e. The molecule has 0 atom stereocenters. The first kappa shape index (κ1) is 30.9. The first-order valence-electron chi connectivity index (χ1n) is 13.6. The van der Waals surface area contributed by atoms with Crippen LogP contribution in [-0.4, -0.2) is 37.5 Å². The molecular weight excluding hydrogens is 564 g/mol. The molecule has 0 heterocycles. The molecule has 0 fully saturated rings. The van der Waals surface area contributed by atoms with Gasteiger partial charge in [-0.2, -0.15) is 0 Å². The van der Waals surface area contributed by atoms with Gasteiger partial charge in [0.25, 0.3) is 0 Å². The van der Waals surface area contributed by atoms with Gasteiger partial charge in [-0.15, -0.1) is 0 Å². The van der Waals surface area contributed by atoms with Crippen LogP contribution in [0.25, 0.3) is 0 Å². The molecule has 0 saturated carbocycles. The van der Waals surface area contributed by atoms with Crippen LogP contribution in [0.15, 0.2) is 97.1 Å². The summed E-state index contributed by atoms with van der Waals surface area (Å²) in [6.07, 6.45) is -1.53. The van der Waals surface area contributed by atoms with E-state index in [4.69, 9.17) is 9.47 Å². The number of aryl methyl sites for hydroxylation is 2. The number of rotatable bonds is 9. The molecular formula is C32H32N6O6. The standard InChI is InChI=1S/C32H32N6O6/c1-21-13-15-25(19-27(21)37-29(39)33-23-9-5-3-6-10-23)35-31(41)43-17-18-44-32(42)36-26-16-14-22(2)28(20-26)38-30(40)34-24-11-7-4-8-12-24/h3-16,19-20H,17-18H2,1-2H3,(H,35,41)(H,36,42)(H2,33,37,39)(H2,34,38,40). The maximum absolute atomic E-state index is 12.3. The van der Waals surface area contributed by atoms with Crippen molar-refractivity contribution in [2.45, 2.75) is 13.8 Å². The van der Waals surface area contributed by atoms with Gasteiger partial charge in [0.05, 0.1) is 0 Å². The van der Waals surface area contributed by atoms with Crippen molar-refractivity contribution in [2.24, 2.45) is 0 Å². The number of benzene rings is 4. The number of amides is 6. The minimum atomic E-state index is -0.763. The van der Waals surface area contributed by atoms with Gasteiger partial charge in [0.2, 0.25) is 0 Å². The predicted octanol–water partition coefficient (Wildman–Crippen LogP) is 7.39. The molecule has 4 rings (SSSR count). The maximum atomic E-state index is 12.3. The highest BCUT2D eigenvalue weighted by Gasteiger charge is 2.11. The van der Waals surface area contributed by atoms with Crippen molar-refractivity contribution in [3.63, 3.8) is 0 Å². The summed E-state index contributed by atoms with van der Waals surface area (Å²) in [5, 5.41) is 16.1. The molecule has 0 aliphatic rings. The summed E-state index contributed by atoms with van der Waals surface area (Å²) in [6, 6.07) is 27.1. The molecule has 12 heteroatoms. The molecule has 4 aromatic carbocycles. The molecule has 6 N–H and O–H groups in total. The largest absolute Gasteiger partial charge is 0.446 e. The minimum absolute atomic E-state index is 0.198. The zero-order valence-electron chi connectivity index (χ0n) is 24.1. The highest BCUT2D eigenvalue weighted by Crippen LogP contribution is 2.22. The lowest BCUT2D eigenvalue weighted by molar-refractivity contribution is 0.110. The maximum Gasteiger partial charge on any atom is 0.411 e. The Labute approximate surface area is 254 Å². The number of ether oxygens (including phenoxy) is 2. The fourth-order valence-corrected chi connectivity index (χ4v) is 3.86. The average molecular weight is 597 g/mol. The Morgan fingerprint density at radius 2 is 0.864 bits per heavy atom. The van der Waals surface area contributed by atoms with E-state index in [1.165, 1.54) is 0 Å². The topological polar surface area (TPSA) is 159 Å². The van der Waals surface area contributed by atoms with E-state index < -0.39 is 24.2 Å². The number of hydrogen-bond acceptors (Lipinski definition) is 6. The Kier molecular flexibility index (Phi) is 10.7. The smallest absolute Gasteiger partial charge is 0.411 e. The van der Waals surface area contributed by atoms with Gasteiger partial charge in [-0.1, -0.05) is 48.5 Å². The first-order chi connectivity index (χ1) is 21.2. The Morgan fingerprint density at radius 3 is 1.25 bits per heavy atom. The summed E-state index contributed by atoms with van der Waals surface area (Å²) in [4.78, 5) is 49.2. The summed E-state index contributed by atoms with van der Waals surface area (Å²) in [5.74, 6) is 0. The molecule has 0 bridgehead atoms. The van der Waals surface area contributed by atoms with Crippen molar-refractivity contribution in [1.29, 1.82) is 0 Å². The number of anilines is 6. The lowest BCUT2D eigenvalue weighted by Crippen LogP contribution is -2.22. The summed E-state index contributed by atoms with van der Waals surface area (Å²) in [7, 11) is 0. The van der Waals surface area contributed by atoms with Crippen molar-refractivity contribution in [1.82, 2.24) is 0 Å². The van der Waals surface area contributed by atoms with E-state index in [-0.39, 0.29) is 13.2 Å². The molecule has 6 amide bonds. The van der Waals surface area contributed by atoms with Crippen LogP contribution in [0.2, 0.25) is 0 Å². The van der Waals surface area contributed by atoms with E-state index in [2.05, 4.69) is 31.9 Å². The highest BCUT2D eigenvalue weighted by molar-refractivity contribution is 6.01. The number of para-hydroxylation sites is 2. The van der Waals surface area contributed by atoms with Gasteiger partial charge < -0.3 is 30.7 Å². The number of nitrogens with one attached hydrogen (secondary N) is 6. The second kappa shape index (κ2) is 15.3. The fourth-order valence-electron chi connectivity index (χ4n) is 3.86. The lowest BCUT2D eigenvalue weighted by Gasteiger charge is -2.13. The van der Waals surface area contributed by atoms with Crippen LogP contribution in [0.3, 0.4) is 0 Å². The molecule has 0 radical (unpaired) electrons. The van der Waals surface area contributed by atoms with Gasteiger partial charge in [-0.05, 0) is 73.5 Å². The fraction of sp³-hybridized carbons (Fsp3) is 0.125. The normalized spacial score (nSPS) is 10.1. The quantitative estimate of drug-likeness (QED) is 0.111. The zero-order valence-corrected chi connectivity index (χ0v) is 24.1. The molecule has 4 aromatic rings. The highest BCUT2D eigenvalue weighted by atomic mass is 16.6. The van der Waals surface area contributed by atoms with Crippen LogP contribution in [0.1, 0.15) is 11.1 Å². The Morgan fingerprint density at radius 1 is 0.477 bits per heavy atom. The third-order valence-corrected chi connectivity index (χ3v) is 6.08. The van der Waals surface area contributed by atoms with E-state index in [1.807, 2.05) is 50.2 Å². The van der Waals surface area contributed by atoms with Gasteiger partial charge in [0.15, 0.2) is 0 Å². The summed E-state index contributed by atoms with van der Waals surface area (Å²) < 4.78 is 10.2. The Bertz CT molecular complexity index is 1490. The molecule has 0 spiro atoms. The number of carbonyl (C=O) groups is 4. The van der Waals surface area contributed by atoms with Gasteiger partial charge in [-0.3, -0.25) is 10.6 Å². The predicted molar refractivity (Wildman–Crippen MR) is 170 cm³/mol. The van der Waals surface area contributed by atoms with Gasteiger partial charge in [0.1, 0.15) is 13.2 Å². The zero-order chi connectivity index (χ0) is 31.3. The van der Waals surface area contributed by atoms with Crippen LogP contribution in [-0.2, 0) is 9.47 Å². The van der Waals surface area contributed by atoms with Crippen LogP contribution >= 0.6 is 0 Å². The second-order valence-corrected chi connectivity index (χ2v) is 9.47. The van der Waals surface area contributed by atoms with Crippen LogP contribution in [0.4, 0.5) is 53.3 Å². The third kappa shape index (κ3) is 9.80. The number of urea groups is 2. The van der Waals surface area contributed by atoms with Gasteiger partial charge in [0, 0.05) is 34.1 Å². The second-order valence-electron chi connectivity index (χ2n) is 9.47. The van der Waals surface area contributed by atoms with E-state index in [0.29, 0.717) is 34.1 Å². The molecule has 44 heavy (non-hydrogen) atoms. The summed E-state index contributed by atoms with van der Waals surface area (Å²) in [6.45, 7) is 3.24. The Balaban J connectivity index is 1.18. The van der Waals surface area contributed by atoms with Crippen molar-refractivity contribution in [3.05, 3.63) is 108 Å². The van der Waals surface area contributed by atoms with Crippen molar-refractivity contribution >= 4 is 58.4 Å². The van der Waals surface area contributed by atoms with Crippen LogP contribution in [0, 0.1) is 13.8 Å². The van der Waals surface area contributed by atoms with E-state index in [9.17, 15) is 19.2 Å². The lowest BCUT2D eigenvalue weighted by atomic mass is 10.2. The van der Waals surface area contributed by atoms with Crippen molar-refractivity contribution < 1.29 is 28.7 Å². The average Bonchev–Trinajstić information content (AvgIpc) is 3.00. The summed E-state index contributed by atoms with van der Waals surface area (Å²) in [5.41, 5.74) is 4.66. The number of hydrogen-bond donors (Lipinski definition) is 6. The van der Waals surface area contributed by atoms with Gasteiger partial charge in [-0.25, -0.2) is 19.2 Å². The first-order valence-corrected chi connectivity index (χ1v) is 13.6. The molecule has 0 aliphatic carbocycles. The molecule has 0 aromatic heterocycles. The molecule has 12 nitrogen and oxygen atoms in total. The number of carbonyl (C=O) groups excluding carboxylic acids is 4. The SMILES string of the molecule is Cc1ccc(NC(=O)OCCOC(=O)Nc2ccc(C)c(NC(=O)Nc3ccccc3)c2)cc1NC(=O)Nc1ccccc1. The van der Waals surface area contributed by atoms with E-state index in [1.54, 1.807) is 60.7 Å². The molecule has 0 aliphatic heterocycles. The van der Waals surface area contributed by atoms with Crippen LogP contribution < -0.4 is 31.9 Å². The molecule has 226 valence electrons. The summed E-state index contributed by atoms with van der Waals surface area (Å²) >= 11 is 0. The third-order valence-electron chi connectivity index (χ3n) is 6.08. The van der Waals surface area contributed by atoms with E-state index in [0.717, 1.165) is 11.1 Å². The van der Waals surface area contributed by atoms with Gasteiger partial charge >= 0.3 is 24.2 Å². The monoisotopic (exact) mass is 596 g/mol. The molecule has 0 saturated heterocycles. The Hall–Kier alpha value is -6.04. The van der Waals surface area contributed by atoms with Crippen molar-refractivity contribution in [2.75, 3.05) is 45.1 Å². The molecule has 0 unspecified atom stereocenters. The van der Waals surface area contributed by atoms with Crippen molar-refractivity contribution in [3.8, 4) is 0 Å². The van der Waals surface area contributed by atoms with Crippen LogP contribution in [0.5, 0.6) is 0 Å². The van der Waals surface area contributed by atoms with E-state index >= 15 is 0 Å².